The van der Waals surface area contributed by atoms with Crippen molar-refractivity contribution in [3.8, 4) is 11.1 Å². The van der Waals surface area contributed by atoms with Crippen molar-refractivity contribution >= 4 is 53.1 Å². The molecule has 0 saturated heterocycles. The molecule has 17 nitrogen and oxygen atoms in total. The lowest BCUT2D eigenvalue weighted by molar-refractivity contribution is -0.138. The fourth-order valence-electron chi connectivity index (χ4n) is 6.50. The third-order valence-electron chi connectivity index (χ3n) is 10.3. The zero-order chi connectivity index (χ0) is 52.7. The van der Waals surface area contributed by atoms with Crippen molar-refractivity contribution < 1.29 is 52.9 Å². The minimum Gasteiger partial charge on any atom is -0.480 e. The van der Waals surface area contributed by atoms with E-state index in [1.807, 2.05) is 84.9 Å². The van der Waals surface area contributed by atoms with Crippen molar-refractivity contribution in [1.29, 1.82) is 0 Å². The normalized spacial score (nSPS) is 12.8. The molecule has 0 heterocycles. The van der Waals surface area contributed by atoms with Crippen molar-refractivity contribution in [2.45, 2.75) is 154 Å². The Morgan fingerprint density at radius 1 is 0.554 bits per heavy atom. The van der Waals surface area contributed by atoms with Crippen LogP contribution in [0.1, 0.15) is 151 Å². The van der Waals surface area contributed by atoms with Crippen LogP contribution in [0.15, 0.2) is 97.1 Å². The van der Waals surface area contributed by atoms with Gasteiger partial charge in [0.05, 0.1) is 23.2 Å². The summed E-state index contributed by atoms with van der Waals surface area (Å²) in [6.07, 6.45) is -0.721. The summed E-state index contributed by atoms with van der Waals surface area (Å²) in [6, 6.07) is 26.0. The van der Waals surface area contributed by atoms with Gasteiger partial charge in [-0.3, -0.25) is 19.2 Å². The number of carboxylic acids is 1. The van der Waals surface area contributed by atoms with Gasteiger partial charge in [-0.25, -0.2) is 14.4 Å². The molecule has 0 aromatic heterocycles. The first kappa shape index (κ1) is 69.0. The van der Waals surface area contributed by atoms with E-state index in [-0.39, 0.29) is 77.8 Å². The van der Waals surface area contributed by atoms with Crippen LogP contribution >= 0.6 is 0 Å². The first-order chi connectivity index (χ1) is 32.6. The van der Waals surface area contributed by atoms with E-state index in [2.05, 4.69) is 33.4 Å². The highest BCUT2D eigenvalue weighted by atomic mass is 16.6. The van der Waals surface area contributed by atoms with Crippen molar-refractivity contribution in [3.05, 3.63) is 119 Å². The van der Waals surface area contributed by atoms with E-state index in [1.54, 1.807) is 76.2 Å². The number of esters is 2. The number of ether oxygens (including phenoxy) is 3. The van der Waals surface area contributed by atoms with Crippen LogP contribution in [0.25, 0.3) is 11.1 Å². The van der Waals surface area contributed by atoms with Gasteiger partial charge < -0.3 is 52.1 Å². The summed E-state index contributed by atoms with van der Waals surface area (Å²) < 4.78 is 15.8. The van der Waals surface area contributed by atoms with Crippen LogP contribution in [0.2, 0.25) is 0 Å². The molecule has 0 aliphatic heterocycles. The van der Waals surface area contributed by atoms with Crippen LogP contribution in [0.4, 0.5) is 16.2 Å². The highest BCUT2D eigenvalue weighted by Crippen LogP contribution is 2.44. The summed E-state index contributed by atoms with van der Waals surface area (Å²) in [4.78, 5) is 82.4. The first-order valence-corrected chi connectivity index (χ1v) is 23.0. The number of carbonyl (C=O) groups excluding carboxylic acids is 6. The van der Waals surface area contributed by atoms with Gasteiger partial charge in [0.1, 0.15) is 29.9 Å². The number of alkyl carbamates (subject to hydrolysis) is 1. The van der Waals surface area contributed by atoms with E-state index >= 15 is 0 Å². The summed E-state index contributed by atoms with van der Waals surface area (Å²) in [5.41, 5.74) is 16.7. The Balaban J connectivity index is 0. The van der Waals surface area contributed by atoms with Gasteiger partial charge in [0.25, 0.3) is 0 Å². The maximum absolute atomic E-state index is 12.5. The standard InChI is InChI=1S/C19H29N3O4.C18H17NO4.C16H24N2O3.4CH4/c1-11(2)15(22-16(23)12(3)20)17(24)21-14-9-7-13(8-10-14)18(25)26-19(4,5)6;1-11(17(20)21)19-18(22)23-10-16-14-8-4-2-6-12(14)13-7-3-5-9-15(13)16;1-10(2)13(17)14(19)18-12-8-6-11(7-9-12)15(20)21-16(3,4)5;;;;/h7-12,15H,20H2,1-6H3,(H,21,24)(H,22,23);2-9,11,16H,10H2,1H3,(H,19,22)(H,20,21);6-10,13H,17H2,1-5H3,(H,18,19);4*1H4/t12-,15?;11-;;;;;/m00...../s1. The number of nitrogens with one attached hydrogen (secondary N) is 4. The van der Waals surface area contributed by atoms with Gasteiger partial charge in [-0.2, -0.15) is 0 Å². The molecule has 0 fully saturated rings. The number of fused-ring (bicyclic) bond motifs is 3. The summed E-state index contributed by atoms with van der Waals surface area (Å²) in [7, 11) is 0. The molecule has 0 bridgehead atoms. The molecule has 5 rings (SSSR count). The van der Waals surface area contributed by atoms with Crippen LogP contribution in [0.3, 0.4) is 0 Å². The molecule has 1 aliphatic rings. The number of carboxylic acid groups (broad SMARTS) is 1. The van der Waals surface area contributed by atoms with Gasteiger partial charge in [0.2, 0.25) is 17.7 Å². The van der Waals surface area contributed by atoms with E-state index in [4.69, 9.17) is 30.8 Å². The van der Waals surface area contributed by atoms with Crippen LogP contribution in [-0.4, -0.2) is 88.8 Å². The van der Waals surface area contributed by atoms with E-state index < -0.39 is 53.4 Å². The Labute approximate surface area is 440 Å². The molecule has 4 amide bonds. The number of anilines is 2. The van der Waals surface area contributed by atoms with Crippen LogP contribution in [0, 0.1) is 11.8 Å². The van der Waals surface area contributed by atoms with Crippen molar-refractivity contribution in [1.82, 2.24) is 10.6 Å². The minimum atomic E-state index is -1.10. The number of hydrogen-bond acceptors (Lipinski definition) is 12. The summed E-state index contributed by atoms with van der Waals surface area (Å²) in [6.45, 7) is 21.4. The number of hydrogen-bond donors (Lipinski definition) is 7. The lowest BCUT2D eigenvalue weighted by Gasteiger charge is -2.23. The first-order valence-electron chi connectivity index (χ1n) is 23.0. The Kier molecular flexibility index (Phi) is 28.7. The Morgan fingerprint density at radius 2 is 0.946 bits per heavy atom. The fraction of sp³-hybridized carbons (Fsp3) is 0.456. The predicted octanol–water partition coefficient (Wildman–Crippen LogP) is 10.2. The molecule has 1 aliphatic carbocycles. The molecule has 2 unspecified atom stereocenters. The lowest BCUT2D eigenvalue weighted by Crippen LogP contribution is -2.51. The molecule has 4 atom stereocenters. The lowest BCUT2D eigenvalue weighted by atomic mass is 9.98. The largest absolute Gasteiger partial charge is 0.480 e. The van der Waals surface area contributed by atoms with Gasteiger partial charge >= 0.3 is 24.0 Å². The molecule has 0 saturated carbocycles. The van der Waals surface area contributed by atoms with E-state index in [9.17, 15) is 33.6 Å². The predicted molar refractivity (Wildman–Crippen MR) is 296 cm³/mol. The van der Waals surface area contributed by atoms with Gasteiger partial charge in [0.15, 0.2) is 0 Å². The summed E-state index contributed by atoms with van der Waals surface area (Å²) in [5, 5.41) is 19.2. The van der Waals surface area contributed by atoms with E-state index in [1.165, 1.54) is 6.92 Å². The van der Waals surface area contributed by atoms with Crippen LogP contribution in [-0.2, 0) is 33.4 Å². The number of nitrogens with two attached hydrogens (primary N) is 2. The van der Waals surface area contributed by atoms with E-state index in [0.717, 1.165) is 22.3 Å². The molecule has 9 N–H and O–H groups in total. The second kappa shape index (κ2) is 30.8. The SMILES string of the molecule is C.C.C.C.CC(C)C(N)C(=O)Nc1ccc(C(=O)OC(C)(C)C)cc1.CC(C)C(NC(=O)[C@H](C)N)C(=O)Nc1ccc(C(=O)OC(C)(C)C)cc1.C[C@H](NC(=O)OCC1c2ccccc2-c2ccccc21)C(=O)O. The second-order valence-electron chi connectivity index (χ2n) is 19.5. The van der Waals surface area contributed by atoms with E-state index in [0.29, 0.717) is 22.5 Å². The molecule has 74 heavy (non-hydrogen) atoms. The minimum absolute atomic E-state index is 0. The van der Waals surface area contributed by atoms with Gasteiger partial charge in [0, 0.05) is 17.3 Å². The molecule has 4 aromatic rings. The second-order valence-corrected chi connectivity index (χ2v) is 19.5. The average Bonchev–Trinajstić information content (AvgIpc) is 3.59. The third kappa shape index (κ3) is 21.9. The number of amides is 4. The molecular weight excluding hydrogens is 945 g/mol. The number of aliphatic carboxylic acids is 1. The highest BCUT2D eigenvalue weighted by molar-refractivity contribution is 5.99. The van der Waals surface area contributed by atoms with Gasteiger partial charge in [-0.05, 0) is 138 Å². The van der Waals surface area contributed by atoms with Crippen molar-refractivity contribution in [2.24, 2.45) is 23.3 Å². The molecule has 410 valence electrons. The summed E-state index contributed by atoms with van der Waals surface area (Å²) >= 11 is 0. The number of rotatable bonds is 14. The Hall–Kier alpha value is -7.11. The van der Waals surface area contributed by atoms with Crippen LogP contribution < -0.4 is 32.7 Å². The zero-order valence-electron chi connectivity index (χ0n) is 42.2. The van der Waals surface area contributed by atoms with Crippen molar-refractivity contribution in [2.75, 3.05) is 17.2 Å². The molecule has 0 spiro atoms. The maximum Gasteiger partial charge on any atom is 0.407 e. The molecule has 4 aromatic carbocycles. The zero-order valence-corrected chi connectivity index (χ0v) is 42.2. The average molecular weight is 1030 g/mol. The number of carbonyl (C=O) groups is 7. The highest BCUT2D eigenvalue weighted by Gasteiger charge is 2.30. The van der Waals surface area contributed by atoms with Crippen LogP contribution in [0.5, 0.6) is 0 Å². The molecule has 0 radical (unpaired) electrons. The summed E-state index contributed by atoms with van der Waals surface area (Å²) in [5.74, 6) is -2.98. The monoisotopic (exact) mass is 1030 g/mol. The van der Waals surface area contributed by atoms with Gasteiger partial charge in [-0.1, -0.05) is 106 Å². The molecule has 17 heteroatoms. The third-order valence-corrected chi connectivity index (χ3v) is 10.3. The fourth-order valence-corrected chi connectivity index (χ4v) is 6.50. The Bertz CT molecular complexity index is 2400. The van der Waals surface area contributed by atoms with Gasteiger partial charge in [-0.15, -0.1) is 0 Å². The number of benzene rings is 4. The maximum atomic E-state index is 12.5. The smallest absolute Gasteiger partial charge is 0.407 e. The topological polar surface area (TPSA) is 268 Å². The Morgan fingerprint density at radius 3 is 1.30 bits per heavy atom. The molecular formula is C57H86N6O11. The van der Waals surface area contributed by atoms with Crippen molar-refractivity contribution in [3.63, 3.8) is 0 Å². The quantitative estimate of drug-likeness (QED) is 0.0458.